The van der Waals surface area contributed by atoms with Crippen LogP contribution in [0, 0.1) is 0 Å². The number of nitrogens with zero attached hydrogens (tertiary/aromatic N) is 1. The van der Waals surface area contributed by atoms with Gasteiger partial charge in [0, 0.05) is 7.05 Å². The van der Waals surface area contributed by atoms with Crippen molar-refractivity contribution in [3.63, 3.8) is 0 Å². The summed E-state index contributed by atoms with van der Waals surface area (Å²) in [5, 5.41) is 10.4. The van der Waals surface area contributed by atoms with E-state index in [2.05, 4.69) is 4.74 Å². The Morgan fingerprint density at radius 1 is 1.69 bits per heavy atom. The van der Waals surface area contributed by atoms with Crippen molar-refractivity contribution in [3.8, 4) is 0 Å². The fourth-order valence-electron chi connectivity index (χ4n) is 1.66. The normalized spacial score (nSPS) is 25.8. The van der Waals surface area contributed by atoms with Gasteiger partial charge < -0.3 is 19.4 Å². The monoisotopic (exact) mass is 233 g/mol. The van der Waals surface area contributed by atoms with E-state index in [9.17, 15) is 10.0 Å². The van der Waals surface area contributed by atoms with Crippen molar-refractivity contribution in [3.05, 3.63) is 0 Å². The highest BCUT2D eigenvalue weighted by Crippen LogP contribution is 2.26. The molecule has 1 N–H and O–H groups in total. The van der Waals surface area contributed by atoms with Crippen LogP contribution in [0.3, 0.4) is 0 Å². The quantitative estimate of drug-likeness (QED) is 0.559. The molecule has 2 atom stereocenters. The van der Waals surface area contributed by atoms with Crippen molar-refractivity contribution in [1.29, 1.82) is 0 Å². The molecule has 16 heavy (non-hydrogen) atoms. The van der Waals surface area contributed by atoms with E-state index in [-0.39, 0.29) is 18.5 Å². The van der Waals surface area contributed by atoms with E-state index >= 15 is 0 Å². The van der Waals surface area contributed by atoms with Gasteiger partial charge in [-0.15, -0.1) is 0 Å². The lowest BCUT2D eigenvalue weighted by molar-refractivity contribution is -0.181. The van der Waals surface area contributed by atoms with Crippen molar-refractivity contribution >= 4 is 5.97 Å². The molecule has 0 bridgehead atoms. The summed E-state index contributed by atoms with van der Waals surface area (Å²) in [6.45, 7) is 3.93. The third-order valence-corrected chi connectivity index (χ3v) is 2.54. The molecule has 6 heteroatoms. The fraction of sp³-hybridized carbons (Fsp3) is 0.900. The van der Waals surface area contributed by atoms with Crippen molar-refractivity contribution in [2.75, 3.05) is 20.8 Å². The first-order valence-corrected chi connectivity index (χ1v) is 5.16. The predicted molar refractivity (Wildman–Crippen MR) is 54.9 cm³/mol. The molecule has 0 aromatic rings. The average molecular weight is 233 g/mol. The molecule has 0 radical (unpaired) electrons. The number of likely N-dealkylation sites (N-methyl/N-ethyl adjacent to an activating group) is 1. The van der Waals surface area contributed by atoms with Crippen molar-refractivity contribution in [2.45, 2.75) is 38.2 Å². The van der Waals surface area contributed by atoms with Crippen LogP contribution < -0.4 is 0 Å². The summed E-state index contributed by atoms with van der Waals surface area (Å²) >= 11 is 0. The third-order valence-electron chi connectivity index (χ3n) is 2.54. The van der Waals surface area contributed by atoms with Gasteiger partial charge in [0.2, 0.25) is 0 Å². The summed E-state index contributed by atoms with van der Waals surface area (Å²) in [6.07, 6.45) is -0.280. The molecule has 0 unspecified atom stereocenters. The van der Waals surface area contributed by atoms with Crippen LogP contribution in [-0.2, 0) is 19.0 Å². The number of carbonyl (C=O) groups excluding carboxylic acids is 1. The number of carbonyl (C=O) groups is 1. The number of ether oxygens (including phenoxy) is 3. The van der Waals surface area contributed by atoms with E-state index in [0.717, 1.165) is 5.06 Å². The van der Waals surface area contributed by atoms with E-state index in [1.807, 2.05) is 0 Å². The summed E-state index contributed by atoms with van der Waals surface area (Å²) in [6, 6.07) is -0.464. The molecular formula is C10H19NO5. The van der Waals surface area contributed by atoms with Gasteiger partial charge in [-0.1, -0.05) is 0 Å². The predicted octanol–water partition coefficient (Wildman–Crippen LogP) is 0.391. The van der Waals surface area contributed by atoms with Gasteiger partial charge in [-0.3, -0.25) is 4.79 Å². The molecule has 0 spiro atoms. The van der Waals surface area contributed by atoms with E-state index in [0.29, 0.717) is 6.61 Å². The highest BCUT2D eigenvalue weighted by molar-refractivity contribution is 5.70. The fourth-order valence-corrected chi connectivity index (χ4v) is 1.66. The maximum absolute atomic E-state index is 11.2. The van der Waals surface area contributed by atoms with Gasteiger partial charge in [0.15, 0.2) is 5.79 Å². The Labute approximate surface area is 95.0 Å². The average Bonchev–Trinajstić information content (AvgIpc) is 2.54. The number of methoxy groups -OCH3 is 1. The highest BCUT2D eigenvalue weighted by atomic mass is 16.7. The molecule has 1 aliphatic heterocycles. The van der Waals surface area contributed by atoms with Crippen molar-refractivity contribution in [2.24, 2.45) is 0 Å². The van der Waals surface area contributed by atoms with Crippen LogP contribution >= 0.6 is 0 Å². The lowest BCUT2D eigenvalue weighted by atomic mass is 10.1. The number of rotatable bonds is 4. The number of esters is 1. The second-order valence-electron chi connectivity index (χ2n) is 4.29. The van der Waals surface area contributed by atoms with E-state index < -0.39 is 11.8 Å². The van der Waals surface area contributed by atoms with Crippen molar-refractivity contribution in [1.82, 2.24) is 5.06 Å². The topological polar surface area (TPSA) is 68.2 Å². The molecule has 0 saturated carbocycles. The lowest BCUT2D eigenvalue weighted by Crippen LogP contribution is -2.43. The summed E-state index contributed by atoms with van der Waals surface area (Å²) in [5.41, 5.74) is 0. The lowest BCUT2D eigenvalue weighted by Gasteiger charge is -2.27. The molecular weight excluding hydrogens is 214 g/mol. The zero-order chi connectivity index (χ0) is 12.3. The van der Waals surface area contributed by atoms with E-state index in [4.69, 9.17) is 9.47 Å². The van der Waals surface area contributed by atoms with Gasteiger partial charge in [0.1, 0.15) is 6.10 Å². The molecule has 1 saturated heterocycles. The SMILES string of the molecule is COC(=O)C[C@@H]([C@H]1COC(C)(C)O1)N(C)O. The molecule has 0 aliphatic carbocycles. The molecule has 1 rings (SSSR count). The van der Waals surface area contributed by atoms with Crippen molar-refractivity contribution < 1.29 is 24.2 Å². The second-order valence-corrected chi connectivity index (χ2v) is 4.29. The Hall–Kier alpha value is -0.690. The molecule has 0 aromatic heterocycles. The molecule has 1 fully saturated rings. The van der Waals surface area contributed by atoms with Gasteiger partial charge in [-0.05, 0) is 13.8 Å². The zero-order valence-corrected chi connectivity index (χ0v) is 10.1. The van der Waals surface area contributed by atoms with Crippen LogP contribution in [0.5, 0.6) is 0 Å². The van der Waals surface area contributed by atoms with Gasteiger partial charge in [0.25, 0.3) is 0 Å². The smallest absolute Gasteiger partial charge is 0.307 e. The third kappa shape index (κ3) is 3.41. The number of hydrogen-bond acceptors (Lipinski definition) is 6. The number of hydroxylamine groups is 2. The van der Waals surface area contributed by atoms with Crippen LogP contribution in [0.1, 0.15) is 20.3 Å². The van der Waals surface area contributed by atoms with Crippen LogP contribution in [0.25, 0.3) is 0 Å². The minimum atomic E-state index is -0.672. The van der Waals surface area contributed by atoms with Crippen LogP contribution in [-0.4, -0.2) is 54.9 Å². The standard InChI is InChI=1S/C10H19NO5/c1-10(2)15-6-8(16-10)7(11(3)13)5-9(12)14-4/h7-8,13H,5-6H2,1-4H3/t7-,8+/m0/s1. The Balaban J connectivity index is 2.61. The number of hydrogen-bond donors (Lipinski definition) is 1. The Morgan fingerprint density at radius 2 is 2.31 bits per heavy atom. The summed E-state index contributed by atoms with van der Waals surface area (Å²) < 4.78 is 15.5. The minimum Gasteiger partial charge on any atom is -0.469 e. The molecule has 1 heterocycles. The summed E-state index contributed by atoms with van der Waals surface area (Å²) in [4.78, 5) is 11.2. The Morgan fingerprint density at radius 3 is 2.69 bits per heavy atom. The van der Waals surface area contributed by atoms with Crippen LogP contribution in [0.2, 0.25) is 0 Å². The van der Waals surface area contributed by atoms with E-state index in [1.165, 1.54) is 14.2 Å². The maximum atomic E-state index is 11.2. The Kier molecular flexibility index (Phi) is 4.26. The van der Waals surface area contributed by atoms with Crippen LogP contribution in [0.4, 0.5) is 0 Å². The minimum absolute atomic E-state index is 0.0631. The second kappa shape index (κ2) is 5.09. The first kappa shape index (κ1) is 13.4. The summed E-state index contributed by atoms with van der Waals surface area (Å²) in [7, 11) is 2.79. The molecule has 0 aromatic carbocycles. The molecule has 1 aliphatic rings. The molecule has 94 valence electrons. The first-order valence-electron chi connectivity index (χ1n) is 5.16. The van der Waals surface area contributed by atoms with E-state index in [1.54, 1.807) is 13.8 Å². The molecule has 6 nitrogen and oxygen atoms in total. The first-order chi connectivity index (χ1) is 7.35. The largest absolute Gasteiger partial charge is 0.469 e. The van der Waals surface area contributed by atoms with Gasteiger partial charge in [-0.25, -0.2) is 0 Å². The Bertz CT molecular complexity index is 254. The summed E-state index contributed by atoms with van der Waals surface area (Å²) in [5.74, 6) is -1.06. The van der Waals surface area contributed by atoms with Gasteiger partial charge >= 0.3 is 5.97 Å². The molecule has 0 amide bonds. The highest BCUT2D eigenvalue weighted by Gasteiger charge is 2.39. The van der Waals surface area contributed by atoms with Gasteiger partial charge in [0.05, 0.1) is 26.2 Å². The van der Waals surface area contributed by atoms with Crippen LogP contribution in [0.15, 0.2) is 0 Å². The van der Waals surface area contributed by atoms with Gasteiger partial charge in [-0.2, -0.15) is 5.06 Å². The maximum Gasteiger partial charge on any atom is 0.307 e. The zero-order valence-electron chi connectivity index (χ0n) is 10.1.